The van der Waals surface area contributed by atoms with Gasteiger partial charge in [-0.1, -0.05) is 13.8 Å². The van der Waals surface area contributed by atoms with Crippen LogP contribution in [0.25, 0.3) is 0 Å². The van der Waals surface area contributed by atoms with Crippen LogP contribution in [0, 0.1) is 5.92 Å². The summed E-state index contributed by atoms with van der Waals surface area (Å²) in [4.78, 5) is 18.8. The summed E-state index contributed by atoms with van der Waals surface area (Å²) < 4.78 is 7.50. The zero-order valence-corrected chi connectivity index (χ0v) is 14.4. The number of halogens is 1. The van der Waals surface area contributed by atoms with Gasteiger partial charge >= 0.3 is 0 Å². The topological polar surface area (TPSA) is 59.4 Å². The lowest BCUT2D eigenvalue weighted by atomic mass is 10.1. The lowest BCUT2D eigenvalue weighted by molar-refractivity contribution is -0.136. The number of ether oxygens (including phenoxy) is 1. The van der Waals surface area contributed by atoms with Crippen molar-refractivity contribution < 1.29 is 9.53 Å². The third kappa shape index (κ3) is 4.97. The second-order valence-corrected chi connectivity index (χ2v) is 5.92. The van der Waals surface area contributed by atoms with Crippen LogP contribution in [0.1, 0.15) is 32.1 Å². The minimum absolute atomic E-state index is 0. The minimum Gasteiger partial charge on any atom is -0.381 e. The number of carbonyl (C=O) groups is 1. The highest BCUT2D eigenvalue weighted by molar-refractivity contribution is 5.85. The maximum atomic E-state index is 12.4. The Morgan fingerprint density at radius 2 is 2.32 bits per heavy atom. The van der Waals surface area contributed by atoms with Gasteiger partial charge in [-0.2, -0.15) is 0 Å². The van der Waals surface area contributed by atoms with Gasteiger partial charge in [0, 0.05) is 45.7 Å². The fourth-order valence-corrected chi connectivity index (χ4v) is 2.55. The fraction of sp³-hybridized carbons (Fsp3) is 0.733. The molecule has 1 amide bonds. The molecule has 1 aromatic rings. The van der Waals surface area contributed by atoms with Gasteiger partial charge in [-0.15, -0.1) is 12.4 Å². The number of amides is 1. The molecule has 1 aliphatic heterocycles. The molecule has 0 bridgehead atoms. The molecule has 0 radical (unpaired) electrons. The first-order valence-electron chi connectivity index (χ1n) is 7.64. The molecule has 1 atom stereocenters. The van der Waals surface area contributed by atoms with Crippen molar-refractivity contribution in [3.63, 3.8) is 0 Å². The summed E-state index contributed by atoms with van der Waals surface area (Å²) in [5, 5.41) is 3.34. The van der Waals surface area contributed by atoms with Gasteiger partial charge in [0.2, 0.25) is 5.91 Å². The van der Waals surface area contributed by atoms with E-state index in [1.807, 2.05) is 22.7 Å². The van der Waals surface area contributed by atoms with Crippen LogP contribution in [-0.4, -0.2) is 53.2 Å². The first-order valence-corrected chi connectivity index (χ1v) is 7.64. The van der Waals surface area contributed by atoms with E-state index in [0.717, 1.165) is 25.5 Å². The Bertz CT molecular complexity index is 464. The highest BCUT2D eigenvalue weighted by Crippen LogP contribution is 2.21. The summed E-state index contributed by atoms with van der Waals surface area (Å²) in [5.74, 6) is 1.58. The van der Waals surface area contributed by atoms with Crippen molar-refractivity contribution in [1.29, 1.82) is 0 Å². The summed E-state index contributed by atoms with van der Waals surface area (Å²) in [6, 6.07) is 0.0105. The Morgan fingerprint density at radius 3 is 2.95 bits per heavy atom. The number of imidazole rings is 1. The smallest absolute Gasteiger partial charge is 0.225 e. The lowest BCUT2D eigenvalue weighted by Crippen LogP contribution is -2.49. The SMILES string of the molecule is CC(C)COCCC(=O)N1CCNCC1c1nccn1C.Cl. The van der Waals surface area contributed by atoms with E-state index in [4.69, 9.17) is 4.74 Å². The van der Waals surface area contributed by atoms with Crippen LogP contribution in [0.4, 0.5) is 0 Å². The van der Waals surface area contributed by atoms with E-state index in [1.54, 1.807) is 6.20 Å². The predicted octanol–water partition coefficient (Wildman–Crippen LogP) is 1.38. The summed E-state index contributed by atoms with van der Waals surface area (Å²) in [7, 11) is 1.96. The monoisotopic (exact) mass is 330 g/mol. The zero-order chi connectivity index (χ0) is 15.2. The molecule has 22 heavy (non-hydrogen) atoms. The van der Waals surface area contributed by atoms with E-state index in [0.29, 0.717) is 25.6 Å². The molecule has 2 rings (SSSR count). The molecule has 1 aliphatic rings. The molecule has 1 saturated heterocycles. The number of aromatic nitrogens is 2. The van der Waals surface area contributed by atoms with E-state index in [9.17, 15) is 4.79 Å². The molecule has 1 fully saturated rings. The Balaban J connectivity index is 0.00000242. The number of hydrogen-bond donors (Lipinski definition) is 1. The second kappa shape index (κ2) is 9.12. The van der Waals surface area contributed by atoms with Gasteiger partial charge < -0.3 is 19.5 Å². The fourth-order valence-electron chi connectivity index (χ4n) is 2.55. The van der Waals surface area contributed by atoms with Gasteiger partial charge in [-0.25, -0.2) is 4.98 Å². The quantitative estimate of drug-likeness (QED) is 0.801. The number of aryl methyl sites for hydroxylation is 1. The normalized spacial score (nSPS) is 18.4. The summed E-state index contributed by atoms with van der Waals surface area (Å²) in [6.45, 7) is 7.72. The molecule has 1 aromatic heterocycles. The predicted molar refractivity (Wildman–Crippen MR) is 88.1 cm³/mol. The summed E-state index contributed by atoms with van der Waals surface area (Å²) in [6.07, 6.45) is 4.13. The minimum atomic E-state index is 0. The van der Waals surface area contributed by atoms with Gasteiger partial charge in [0.1, 0.15) is 11.9 Å². The average molecular weight is 331 g/mol. The maximum absolute atomic E-state index is 12.4. The van der Waals surface area contributed by atoms with Gasteiger partial charge in [-0.3, -0.25) is 4.79 Å². The Hall–Kier alpha value is -1.11. The van der Waals surface area contributed by atoms with Crippen molar-refractivity contribution in [1.82, 2.24) is 19.8 Å². The van der Waals surface area contributed by atoms with Gasteiger partial charge in [0.15, 0.2) is 0 Å². The van der Waals surface area contributed by atoms with E-state index < -0.39 is 0 Å². The van der Waals surface area contributed by atoms with Crippen molar-refractivity contribution >= 4 is 18.3 Å². The molecule has 2 heterocycles. The third-order valence-corrected chi connectivity index (χ3v) is 3.63. The molecule has 0 spiro atoms. The van der Waals surface area contributed by atoms with Crippen LogP contribution >= 0.6 is 12.4 Å². The van der Waals surface area contributed by atoms with Crippen LogP contribution in [0.15, 0.2) is 12.4 Å². The standard InChI is InChI=1S/C15H26N4O2.ClH/c1-12(2)11-21-9-4-14(20)19-8-5-16-10-13(19)15-17-6-7-18(15)3;/h6-7,12-13,16H,4-5,8-11H2,1-3H3;1H. The van der Waals surface area contributed by atoms with Crippen LogP contribution in [-0.2, 0) is 16.6 Å². The van der Waals surface area contributed by atoms with Crippen LogP contribution in [0.2, 0.25) is 0 Å². The molecule has 6 nitrogen and oxygen atoms in total. The molecule has 1 unspecified atom stereocenters. The first-order chi connectivity index (χ1) is 10.1. The molecule has 0 saturated carbocycles. The van der Waals surface area contributed by atoms with E-state index in [2.05, 4.69) is 24.1 Å². The molecule has 1 N–H and O–H groups in total. The lowest BCUT2D eigenvalue weighted by Gasteiger charge is -2.35. The van der Waals surface area contributed by atoms with Crippen LogP contribution in [0.3, 0.4) is 0 Å². The highest BCUT2D eigenvalue weighted by atomic mass is 35.5. The van der Waals surface area contributed by atoms with Crippen molar-refractivity contribution in [2.45, 2.75) is 26.3 Å². The number of rotatable bonds is 6. The average Bonchev–Trinajstić information content (AvgIpc) is 2.89. The molecule has 7 heteroatoms. The summed E-state index contributed by atoms with van der Waals surface area (Å²) in [5.41, 5.74) is 0. The molecule has 126 valence electrons. The Morgan fingerprint density at radius 1 is 1.55 bits per heavy atom. The Kier molecular flexibility index (Phi) is 7.85. The summed E-state index contributed by atoms with van der Waals surface area (Å²) >= 11 is 0. The number of piperazine rings is 1. The largest absolute Gasteiger partial charge is 0.381 e. The molecular formula is C15H27ClN4O2. The van der Waals surface area contributed by atoms with Crippen LogP contribution in [0.5, 0.6) is 0 Å². The Labute approximate surface area is 138 Å². The molecular weight excluding hydrogens is 304 g/mol. The van der Waals surface area contributed by atoms with E-state index in [1.165, 1.54) is 0 Å². The second-order valence-electron chi connectivity index (χ2n) is 5.92. The number of hydrogen-bond acceptors (Lipinski definition) is 4. The number of nitrogens with one attached hydrogen (secondary N) is 1. The van der Waals surface area contributed by atoms with Crippen LogP contribution < -0.4 is 5.32 Å². The van der Waals surface area contributed by atoms with Crippen molar-refractivity contribution in [2.75, 3.05) is 32.8 Å². The van der Waals surface area contributed by atoms with Crippen molar-refractivity contribution in [3.8, 4) is 0 Å². The third-order valence-electron chi connectivity index (χ3n) is 3.63. The highest BCUT2D eigenvalue weighted by Gasteiger charge is 2.29. The molecule has 0 aromatic carbocycles. The first kappa shape index (κ1) is 18.9. The number of nitrogens with zero attached hydrogens (tertiary/aromatic N) is 3. The van der Waals surface area contributed by atoms with Crippen molar-refractivity contribution in [3.05, 3.63) is 18.2 Å². The van der Waals surface area contributed by atoms with Crippen molar-refractivity contribution in [2.24, 2.45) is 13.0 Å². The maximum Gasteiger partial charge on any atom is 0.225 e. The van der Waals surface area contributed by atoms with E-state index >= 15 is 0 Å². The number of carbonyl (C=O) groups excluding carboxylic acids is 1. The van der Waals surface area contributed by atoms with Gasteiger partial charge in [-0.05, 0) is 5.92 Å². The molecule has 0 aliphatic carbocycles. The van der Waals surface area contributed by atoms with E-state index in [-0.39, 0.29) is 24.4 Å². The zero-order valence-electron chi connectivity index (χ0n) is 13.6. The van der Waals surface area contributed by atoms with Gasteiger partial charge in [0.25, 0.3) is 0 Å². The van der Waals surface area contributed by atoms with Gasteiger partial charge in [0.05, 0.1) is 13.0 Å².